The molecule has 0 bridgehead atoms. The van der Waals surface area contributed by atoms with E-state index < -0.39 is 6.16 Å². The van der Waals surface area contributed by atoms with Crippen LogP contribution in [0.5, 0.6) is 0 Å². The van der Waals surface area contributed by atoms with Crippen molar-refractivity contribution < 1.29 is 18.9 Å². The van der Waals surface area contributed by atoms with Crippen LogP contribution in [-0.4, -0.2) is 6.16 Å². The van der Waals surface area contributed by atoms with Crippen LogP contribution in [0.4, 0.5) is 0 Å². The van der Waals surface area contributed by atoms with Crippen LogP contribution in [0.25, 0.3) is 0 Å². The minimum atomic E-state index is -1.42. The molecular formula is C17H16O4. The predicted octanol–water partition coefficient (Wildman–Crippen LogP) is 3.09. The van der Waals surface area contributed by atoms with Gasteiger partial charge >= 0.3 is 6.16 Å². The van der Waals surface area contributed by atoms with E-state index in [0.717, 1.165) is 22.3 Å². The third-order valence-corrected chi connectivity index (χ3v) is 3.85. The fourth-order valence-corrected chi connectivity index (χ4v) is 2.59. The van der Waals surface area contributed by atoms with Gasteiger partial charge in [0.15, 0.2) is 0 Å². The van der Waals surface area contributed by atoms with Gasteiger partial charge in [-0.3, -0.25) is 18.9 Å². The van der Waals surface area contributed by atoms with Crippen molar-refractivity contribution in [1.82, 2.24) is 0 Å². The van der Waals surface area contributed by atoms with Crippen molar-refractivity contribution in [1.29, 1.82) is 0 Å². The SMILES string of the molecule is c1ccc2c(c1)COC1(OC2)OCc2ccccc2CO1. The standard InChI is InChI=1S/C17H16O4/c1-2-6-14-10-19-17(18-9-13(14)5-1)20-11-15-7-3-4-8-16(15)12-21-17/h1-8H,9-12H2. The van der Waals surface area contributed by atoms with Gasteiger partial charge in [0.1, 0.15) is 0 Å². The molecular weight excluding hydrogens is 268 g/mol. The van der Waals surface area contributed by atoms with E-state index in [0.29, 0.717) is 26.4 Å². The number of benzene rings is 2. The molecule has 2 aliphatic rings. The highest BCUT2D eigenvalue weighted by Crippen LogP contribution is 2.32. The maximum absolute atomic E-state index is 5.80. The van der Waals surface area contributed by atoms with Crippen molar-refractivity contribution in [3.8, 4) is 0 Å². The van der Waals surface area contributed by atoms with Gasteiger partial charge in [0.05, 0.1) is 26.4 Å². The van der Waals surface area contributed by atoms with Gasteiger partial charge in [-0.1, -0.05) is 48.5 Å². The summed E-state index contributed by atoms with van der Waals surface area (Å²) in [4.78, 5) is 0. The third kappa shape index (κ3) is 2.47. The maximum Gasteiger partial charge on any atom is 0.414 e. The first kappa shape index (κ1) is 13.0. The second kappa shape index (κ2) is 5.24. The van der Waals surface area contributed by atoms with E-state index >= 15 is 0 Å². The zero-order valence-electron chi connectivity index (χ0n) is 11.6. The molecule has 2 aromatic carbocycles. The summed E-state index contributed by atoms with van der Waals surface area (Å²) in [6, 6.07) is 16.1. The summed E-state index contributed by atoms with van der Waals surface area (Å²) in [6.07, 6.45) is -1.42. The van der Waals surface area contributed by atoms with E-state index in [-0.39, 0.29) is 0 Å². The van der Waals surface area contributed by atoms with Crippen LogP contribution < -0.4 is 0 Å². The van der Waals surface area contributed by atoms with Crippen molar-refractivity contribution in [3.05, 3.63) is 70.8 Å². The van der Waals surface area contributed by atoms with Crippen molar-refractivity contribution in [2.24, 2.45) is 0 Å². The Kier molecular flexibility index (Phi) is 3.24. The van der Waals surface area contributed by atoms with Gasteiger partial charge in [0, 0.05) is 0 Å². The highest BCUT2D eigenvalue weighted by atomic mass is 17.0. The first-order valence-corrected chi connectivity index (χ1v) is 7.04. The zero-order valence-corrected chi connectivity index (χ0v) is 11.6. The summed E-state index contributed by atoms with van der Waals surface area (Å²) in [5, 5.41) is 0. The molecule has 0 aromatic heterocycles. The van der Waals surface area contributed by atoms with Gasteiger partial charge in [-0.25, -0.2) is 0 Å². The predicted molar refractivity (Wildman–Crippen MR) is 74.8 cm³/mol. The largest absolute Gasteiger partial charge is 0.414 e. The number of hydrogen-bond acceptors (Lipinski definition) is 4. The van der Waals surface area contributed by atoms with E-state index in [1.807, 2.05) is 48.5 Å². The average molecular weight is 284 g/mol. The van der Waals surface area contributed by atoms with Crippen LogP contribution in [0.2, 0.25) is 0 Å². The lowest BCUT2D eigenvalue weighted by Gasteiger charge is -2.28. The van der Waals surface area contributed by atoms with Crippen LogP contribution >= 0.6 is 0 Å². The van der Waals surface area contributed by atoms with Crippen LogP contribution in [0.3, 0.4) is 0 Å². The van der Waals surface area contributed by atoms with Gasteiger partial charge in [-0.2, -0.15) is 0 Å². The molecule has 2 heterocycles. The topological polar surface area (TPSA) is 36.9 Å². The van der Waals surface area contributed by atoms with Crippen molar-refractivity contribution in [3.63, 3.8) is 0 Å². The molecule has 0 aliphatic carbocycles. The lowest BCUT2D eigenvalue weighted by molar-refractivity contribution is -0.507. The molecule has 108 valence electrons. The van der Waals surface area contributed by atoms with Crippen molar-refractivity contribution in [2.75, 3.05) is 0 Å². The Bertz CT molecular complexity index is 538. The smallest absolute Gasteiger partial charge is 0.298 e. The lowest BCUT2D eigenvalue weighted by Crippen LogP contribution is -2.39. The monoisotopic (exact) mass is 284 g/mol. The second-order valence-electron chi connectivity index (χ2n) is 5.19. The second-order valence-corrected chi connectivity index (χ2v) is 5.19. The first-order chi connectivity index (χ1) is 10.3. The van der Waals surface area contributed by atoms with Gasteiger partial charge in [0.25, 0.3) is 0 Å². The lowest BCUT2D eigenvalue weighted by atomic mass is 10.1. The molecule has 0 N–H and O–H groups in total. The molecule has 0 radical (unpaired) electrons. The molecule has 0 fully saturated rings. The normalized spacial score (nSPS) is 20.2. The maximum atomic E-state index is 5.80. The number of rotatable bonds is 0. The molecule has 0 saturated carbocycles. The summed E-state index contributed by atoms with van der Waals surface area (Å²) in [6.45, 7) is 1.64. The van der Waals surface area contributed by atoms with E-state index in [2.05, 4.69) is 0 Å². The van der Waals surface area contributed by atoms with Crippen molar-refractivity contribution >= 4 is 0 Å². The highest BCUT2D eigenvalue weighted by molar-refractivity contribution is 5.27. The van der Waals surface area contributed by atoms with E-state index in [1.54, 1.807) is 0 Å². The Morgan fingerprint density at radius 2 is 0.810 bits per heavy atom. The number of fused-ring (bicyclic) bond motifs is 2. The van der Waals surface area contributed by atoms with Gasteiger partial charge in [-0.05, 0) is 22.3 Å². The summed E-state index contributed by atoms with van der Waals surface area (Å²) in [7, 11) is 0. The van der Waals surface area contributed by atoms with E-state index in [4.69, 9.17) is 18.9 Å². The molecule has 0 unspecified atom stereocenters. The van der Waals surface area contributed by atoms with Gasteiger partial charge in [-0.15, -0.1) is 0 Å². The zero-order chi connectivity index (χ0) is 14.1. The Labute approximate surface area is 123 Å². The summed E-state index contributed by atoms with van der Waals surface area (Å²) >= 11 is 0. The van der Waals surface area contributed by atoms with Crippen LogP contribution in [0.1, 0.15) is 22.3 Å². The Morgan fingerprint density at radius 1 is 0.524 bits per heavy atom. The number of ether oxygens (including phenoxy) is 4. The summed E-state index contributed by atoms with van der Waals surface area (Å²) in [5.74, 6) is 0. The minimum absolute atomic E-state index is 0.409. The molecule has 4 rings (SSSR count). The summed E-state index contributed by atoms with van der Waals surface area (Å²) < 4.78 is 23.2. The van der Waals surface area contributed by atoms with Crippen LogP contribution in [0, 0.1) is 0 Å². The van der Waals surface area contributed by atoms with Crippen LogP contribution in [0.15, 0.2) is 48.5 Å². The fourth-order valence-electron chi connectivity index (χ4n) is 2.59. The average Bonchev–Trinajstić information content (AvgIpc) is 2.84. The molecule has 4 heteroatoms. The molecule has 0 atom stereocenters. The van der Waals surface area contributed by atoms with Gasteiger partial charge in [0.2, 0.25) is 0 Å². The minimum Gasteiger partial charge on any atom is -0.298 e. The molecule has 2 aliphatic heterocycles. The first-order valence-electron chi connectivity index (χ1n) is 7.04. The Balaban J connectivity index is 1.57. The summed E-state index contributed by atoms with van der Waals surface area (Å²) in [5.41, 5.74) is 4.40. The quantitative estimate of drug-likeness (QED) is 0.745. The Hall–Kier alpha value is -1.72. The molecule has 4 nitrogen and oxygen atoms in total. The van der Waals surface area contributed by atoms with E-state index in [1.165, 1.54) is 0 Å². The molecule has 0 amide bonds. The van der Waals surface area contributed by atoms with E-state index in [9.17, 15) is 0 Å². The number of hydrogen-bond donors (Lipinski definition) is 0. The van der Waals surface area contributed by atoms with Gasteiger partial charge < -0.3 is 0 Å². The highest BCUT2D eigenvalue weighted by Gasteiger charge is 2.40. The molecule has 0 saturated heterocycles. The Morgan fingerprint density at radius 3 is 1.10 bits per heavy atom. The van der Waals surface area contributed by atoms with Crippen LogP contribution in [-0.2, 0) is 45.4 Å². The fraction of sp³-hybridized carbons (Fsp3) is 0.294. The third-order valence-electron chi connectivity index (χ3n) is 3.85. The van der Waals surface area contributed by atoms with Crippen molar-refractivity contribution in [2.45, 2.75) is 32.6 Å². The molecule has 2 aromatic rings. The molecule has 21 heavy (non-hydrogen) atoms. The molecule has 1 spiro atoms.